The van der Waals surface area contributed by atoms with E-state index in [1.54, 1.807) is 24.3 Å². The van der Waals surface area contributed by atoms with Gasteiger partial charge >= 0.3 is 27.3 Å². The Balaban J connectivity index is 0.00000121. The van der Waals surface area contributed by atoms with Crippen molar-refractivity contribution in [3.63, 3.8) is 0 Å². The maximum atomic E-state index is 10.3. The van der Waals surface area contributed by atoms with E-state index >= 15 is 0 Å². The van der Waals surface area contributed by atoms with Gasteiger partial charge in [-0.2, -0.15) is 0 Å². The Morgan fingerprint density at radius 1 is 1.33 bits per heavy atom. The van der Waals surface area contributed by atoms with Gasteiger partial charge in [0.15, 0.2) is 0 Å². The summed E-state index contributed by atoms with van der Waals surface area (Å²) in [6.07, 6.45) is 0.924. The number of benzene rings is 1. The van der Waals surface area contributed by atoms with Crippen LogP contribution in [-0.2, 0) is 6.42 Å². The van der Waals surface area contributed by atoms with Gasteiger partial charge in [0.25, 0.3) is 0 Å². The molecule has 0 amide bonds. The van der Waals surface area contributed by atoms with E-state index in [2.05, 4.69) is 0 Å². The molecule has 0 heterocycles. The van der Waals surface area contributed by atoms with Crippen LogP contribution < -0.4 is 5.11 Å². The molecule has 12 heavy (non-hydrogen) atoms. The average molecular weight is 354 g/mol. The van der Waals surface area contributed by atoms with Gasteiger partial charge in [0.2, 0.25) is 0 Å². The first kappa shape index (κ1) is 11.6. The molecule has 0 aliphatic rings. The van der Waals surface area contributed by atoms with Gasteiger partial charge in [0, 0.05) is 0 Å². The van der Waals surface area contributed by atoms with Gasteiger partial charge in [-0.25, -0.2) is 0 Å². The van der Waals surface area contributed by atoms with Gasteiger partial charge in [-0.05, 0) is 17.5 Å². The fraction of sp³-hybridized carbons (Fsp3) is 0.222. The molecule has 2 nitrogen and oxygen atoms in total. The molecular formula is C9H9O2Tl. The Morgan fingerprint density at radius 3 is 2.17 bits per heavy atom. The standard InChI is InChI=1S/C9H10O2.Tl/c1-2-7-3-5-8(6-4-7)9(10)11;/h3-6H,2H2,1H3,(H,10,11);/q;+1/p-1. The van der Waals surface area contributed by atoms with Crippen LogP contribution in [0.3, 0.4) is 0 Å². The van der Waals surface area contributed by atoms with E-state index in [-0.39, 0.29) is 32.9 Å². The molecule has 0 spiro atoms. The van der Waals surface area contributed by atoms with Gasteiger partial charge in [-0.3, -0.25) is 0 Å². The van der Waals surface area contributed by atoms with Crippen LogP contribution in [-0.4, -0.2) is 33.3 Å². The van der Waals surface area contributed by atoms with E-state index in [1.165, 1.54) is 0 Å². The Bertz CT molecular complexity index is 254. The first-order valence-corrected chi connectivity index (χ1v) is 3.54. The van der Waals surface area contributed by atoms with Crippen molar-refractivity contribution in [3.8, 4) is 0 Å². The normalized spacial score (nSPS) is 8.75. The number of rotatable bonds is 2. The minimum absolute atomic E-state index is 0. The quantitative estimate of drug-likeness (QED) is 0.714. The molecule has 1 rings (SSSR count). The van der Waals surface area contributed by atoms with E-state index in [4.69, 9.17) is 0 Å². The molecule has 60 valence electrons. The topological polar surface area (TPSA) is 40.1 Å². The molecule has 0 aromatic heterocycles. The van der Waals surface area contributed by atoms with Crippen molar-refractivity contribution in [2.24, 2.45) is 0 Å². The zero-order valence-corrected chi connectivity index (χ0v) is 11.4. The fourth-order valence-corrected chi connectivity index (χ4v) is 0.877. The van der Waals surface area contributed by atoms with Crippen molar-refractivity contribution >= 4 is 33.3 Å². The minimum Gasteiger partial charge on any atom is -0.545 e. The van der Waals surface area contributed by atoms with E-state index in [9.17, 15) is 9.90 Å². The Hall–Kier alpha value is -0.388. The average Bonchev–Trinajstić information content (AvgIpc) is 2.05. The maximum absolute atomic E-state index is 10.3. The first-order valence-electron chi connectivity index (χ1n) is 3.54. The molecule has 0 bridgehead atoms. The largest absolute Gasteiger partial charge is 1.00 e. The number of carboxylic acids is 1. The number of aromatic carboxylic acids is 1. The first-order chi connectivity index (χ1) is 5.24. The number of aryl methyl sites for hydroxylation is 1. The molecule has 0 fully saturated rings. The SMILES string of the molecule is CCc1ccc(C(=O)[O-])cc1.[Tl+]. The van der Waals surface area contributed by atoms with Gasteiger partial charge in [0.05, 0.1) is 5.97 Å². The van der Waals surface area contributed by atoms with Crippen molar-refractivity contribution in [1.82, 2.24) is 0 Å². The smallest absolute Gasteiger partial charge is 0.545 e. The third-order valence-electron chi connectivity index (χ3n) is 1.60. The summed E-state index contributed by atoms with van der Waals surface area (Å²) < 4.78 is 0. The van der Waals surface area contributed by atoms with Crippen LogP contribution in [0.5, 0.6) is 0 Å². The Labute approximate surface area is 91.8 Å². The molecule has 0 unspecified atom stereocenters. The van der Waals surface area contributed by atoms with Crippen LogP contribution in [0.1, 0.15) is 22.8 Å². The summed E-state index contributed by atoms with van der Waals surface area (Å²) in [6.45, 7) is 2.02. The van der Waals surface area contributed by atoms with Gasteiger partial charge in [-0.1, -0.05) is 31.2 Å². The van der Waals surface area contributed by atoms with Gasteiger partial charge < -0.3 is 9.90 Å². The summed E-state index contributed by atoms with van der Waals surface area (Å²) in [7, 11) is 0. The maximum Gasteiger partial charge on any atom is 1.00 e. The molecule has 0 N–H and O–H groups in total. The third kappa shape index (κ3) is 2.92. The fourth-order valence-electron chi connectivity index (χ4n) is 0.877. The second kappa shape index (κ2) is 5.29. The summed E-state index contributed by atoms with van der Waals surface area (Å²) >= 11 is 0. The number of hydrogen-bond donors (Lipinski definition) is 0. The molecule has 0 radical (unpaired) electrons. The monoisotopic (exact) mass is 354 g/mol. The molecular weight excluding hydrogens is 344 g/mol. The van der Waals surface area contributed by atoms with Crippen LogP contribution in [0.15, 0.2) is 24.3 Å². The van der Waals surface area contributed by atoms with Crippen molar-refractivity contribution in [2.45, 2.75) is 13.3 Å². The zero-order chi connectivity index (χ0) is 8.27. The van der Waals surface area contributed by atoms with E-state index in [0.717, 1.165) is 12.0 Å². The summed E-state index contributed by atoms with van der Waals surface area (Å²) in [5, 5.41) is 10.3. The second-order valence-electron chi connectivity index (χ2n) is 2.34. The molecule has 0 aliphatic carbocycles. The van der Waals surface area contributed by atoms with Crippen LogP contribution in [0, 0.1) is 0 Å². The van der Waals surface area contributed by atoms with Crippen LogP contribution in [0.4, 0.5) is 0 Å². The molecule has 1 aromatic rings. The molecule has 0 atom stereocenters. The Kier molecular flexibility index (Phi) is 5.12. The molecule has 0 saturated heterocycles. The van der Waals surface area contributed by atoms with E-state index < -0.39 is 5.97 Å². The van der Waals surface area contributed by atoms with Crippen molar-refractivity contribution < 1.29 is 9.90 Å². The molecule has 1 aromatic carbocycles. The van der Waals surface area contributed by atoms with E-state index in [0.29, 0.717) is 0 Å². The zero-order valence-electron chi connectivity index (χ0n) is 6.91. The number of carbonyl (C=O) groups is 1. The summed E-state index contributed by atoms with van der Waals surface area (Å²) in [4.78, 5) is 10.3. The van der Waals surface area contributed by atoms with Crippen molar-refractivity contribution in [2.75, 3.05) is 0 Å². The summed E-state index contributed by atoms with van der Waals surface area (Å²) in [6, 6.07) is 6.72. The predicted octanol–water partition coefficient (Wildman–Crippen LogP) is 0.232. The predicted molar refractivity (Wildman–Crippen MR) is 45.9 cm³/mol. The van der Waals surface area contributed by atoms with Crippen LogP contribution >= 0.6 is 0 Å². The number of hydrogen-bond acceptors (Lipinski definition) is 2. The molecule has 3 heteroatoms. The molecule has 0 aliphatic heterocycles. The van der Waals surface area contributed by atoms with E-state index in [1.807, 2.05) is 6.92 Å². The minimum atomic E-state index is -1.12. The van der Waals surface area contributed by atoms with Crippen LogP contribution in [0.25, 0.3) is 0 Å². The second-order valence-corrected chi connectivity index (χ2v) is 2.34. The van der Waals surface area contributed by atoms with Crippen LogP contribution in [0.2, 0.25) is 0 Å². The summed E-state index contributed by atoms with van der Waals surface area (Å²) in [5.41, 5.74) is 1.37. The van der Waals surface area contributed by atoms with Gasteiger partial charge in [0.1, 0.15) is 0 Å². The van der Waals surface area contributed by atoms with Gasteiger partial charge in [-0.15, -0.1) is 0 Å². The number of carbonyl (C=O) groups excluding carboxylic acids is 1. The molecule has 0 saturated carbocycles. The van der Waals surface area contributed by atoms with Crippen molar-refractivity contribution in [1.29, 1.82) is 0 Å². The Morgan fingerprint density at radius 2 is 1.83 bits per heavy atom. The van der Waals surface area contributed by atoms with Crippen molar-refractivity contribution in [3.05, 3.63) is 35.4 Å². The number of carboxylic acid groups (broad SMARTS) is 1. The summed E-state index contributed by atoms with van der Waals surface area (Å²) in [5.74, 6) is -1.12. The third-order valence-corrected chi connectivity index (χ3v) is 1.60.